The van der Waals surface area contributed by atoms with E-state index < -0.39 is 7.59 Å². The Morgan fingerprint density at radius 2 is 1.29 bits per heavy atom. The molecule has 0 aromatic carbocycles. The van der Waals surface area contributed by atoms with Crippen molar-refractivity contribution >= 4 is 7.59 Å². The van der Waals surface area contributed by atoms with Crippen LogP contribution in [0.25, 0.3) is 0 Å². The molecule has 0 heterocycles. The number of hydrogen-bond acceptors (Lipinski definition) is 1. The van der Waals surface area contributed by atoms with Gasteiger partial charge in [0.2, 0.25) is 0 Å². The minimum atomic E-state index is -2.56. The number of unbranched alkanes of at least 4 members (excludes halogenated alkanes) is 2. The Labute approximate surface area is 107 Å². The third-order valence-corrected chi connectivity index (χ3v) is 5.51. The Morgan fingerprint density at radius 3 is 1.59 bits per heavy atom. The smallest absolute Gasteiger partial charge is 0.271 e. The van der Waals surface area contributed by atoms with Crippen LogP contribution in [-0.4, -0.2) is 30.8 Å². The van der Waals surface area contributed by atoms with Gasteiger partial charge in [0.05, 0.1) is 0 Å². The van der Waals surface area contributed by atoms with Crippen molar-refractivity contribution in [3.05, 3.63) is 0 Å². The van der Waals surface area contributed by atoms with E-state index in [-0.39, 0.29) is 0 Å². The van der Waals surface area contributed by atoms with Crippen LogP contribution in [0.3, 0.4) is 0 Å². The van der Waals surface area contributed by atoms with Gasteiger partial charge in [-0.25, -0.2) is 14.8 Å². The summed E-state index contributed by atoms with van der Waals surface area (Å²) in [5, 5.41) is 6.46. The monoisotopic (exact) mass is 263 g/mol. The van der Waals surface area contributed by atoms with Gasteiger partial charge in [0.1, 0.15) is 0 Å². The molecule has 0 radical (unpaired) electrons. The third-order valence-electron chi connectivity index (χ3n) is 2.84. The van der Waals surface area contributed by atoms with E-state index in [1.807, 2.05) is 4.67 Å². The summed E-state index contributed by atoms with van der Waals surface area (Å²) in [7, 11) is -2.56. The van der Waals surface area contributed by atoms with Crippen LogP contribution in [0.4, 0.5) is 0 Å². The maximum Gasteiger partial charge on any atom is 0.281 e. The van der Waals surface area contributed by atoms with Crippen molar-refractivity contribution in [3.8, 4) is 0 Å². The zero-order chi connectivity index (χ0) is 13.1. The molecule has 0 rings (SSSR count). The Hall–Kier alpha value is 0.110. The zero-order valence-corrected chi connectivity index (χ0v) is 12.9. The molecule has 17 heavy (non-hydrogen) atoms. The first kappa shape index (κ1) is 17.1. The highest BCUT2D eigenvalue weighted by Crippen LogP contribution is 2.40. The minimum absolute atomic E-state index is 0.812. The van der Waals surface area contributed by atoms with Crippen LogP contribution in [0, 0.1) is 0 Å². The molecule has 0 spiro atoms. The van der Waals surface area contributed by atoms with Gasteiger partial charge in [-0.15, -0.1) is 0 Å². The van der Waals surface area contributed by atoms with Crippen molar-refractivity contribution in [1.82, 2.24) is 14.8 Å². The summed E-state index contributed by atoms with van der Waals surface area (Å²) in [6.07, 6.45) is 4.39. The molecule has 0 aliphatic carbocycles. The van der Waals surface area contributed by atoms with Crippen molar-refractivity contribution in [2.45, 2.75) is 53.4 Å². The lowest BCUT2D eigenvalue weighted by Gasteiger charge is -2.30. The van der Waals surface area contributed by atoms with Crippen LogP contribution in [0.1, 0.15) is 53.4 Å². The molecule has 0 aliphatic rings. The van der Waals surface area contributed by atoms with Gasteiger partial charge in [-0.1, -0.05) is 40.5 Å². The summed E-state index contributed by atoms with van der Waals surface area (Å²) in [6, 6.07) is 0. The maximum atomic E-state index is 12.8. The molecule has 0 aliphatic heterocycles. The second-order valence-corrected chi connectivity index (χ2v) is 6.59. The van der Waals surface area contributed by atoms with Crippen LogP contribution in [0.2, 0.25) is 0 Å². The first-order valence-corrected chi connectivity index (χ1v) is 8.66. The molecule has 0 saturated heterocycles. The zero-order valence-electron chi connectivity index (χ0n) is 12.0. The summed E-state index contributed by atoms with van der Waals surface area (Å²) in [5.41, 5.74) is 0. The maximum absolute atomic E-state index is 12.8. The van der Waals surface area contributed by atoms with E-state index in [9.17, 15) is 4.57 Å². The quantitative estimate of drug-likeness (QED) is 0.444. The Kier molecular flexibility index (Phi) is 10.1. The lowest BCUT2D eigenvalue weighted by atomic mass is 10.3. The molecule has 2 N–H and O–H groups in total. The van der Waals surface area contributed by atoms with E-state index in [4.69, 9.17) is 0 Å². The largest absolute Gasteiger partial charge is 0.281 e. The van der Waals surface area contributed by atoms with Gasteiger partial charge in [-0.3, -0.25) is 4.57 Å². The predicted octanol–water partition coefficient (Wildman–Crippen LogP) is 3.22. The first-order valence-electron chi connectivity index (χ1n) is 7.00. The molecule has 0 aromatic heterocycles. The summed E-state index contributed by atoms with van der Waals surface area (Å²) < 4.78 is 14.8. The second kappa shape index (κ2) is 10.1. The van der Waals surface area contributed by atoms with Crippen LogP contribution < -0.4 is 10.2 Å². The van der Waals surface area contributed by atoms with Crippen molar-refractivity contribution in [1.29, 1.82) is 0 Å². The highest BCUT2D eigenvalue weighted by atomic mass is 31.2. The molecular formula is C12H30N3OP. The lowest BCUT2D eigenvalue weighted by Crippen LogP contribution is -2.36. The van der Waals surface area contributed by atoms with E-state index in [0.717, 1.165) is 51.9 Å². The third kappa shape index (κ3) is 6.56. The van der Waals surface area contributed by atoms with Gasteiger partial charge in [-0.2, -0.15) is 0 Å². The van der Waals surface area contributed by atoms with Crippen LogP contribution >= 0.6 is 7.59 Å². The van der Waals surface area contributed by atoms with Crippen molar-refractivity contribution in [3.63, 3.8) is 0 Å². The predicted molar refractivity (Wildman–Crippen MR) is 76.3 cm³/mol. The molecule has 0 bridgehead atoms. The molecule has 4 nitrogen and oxygen atoms in total. The van der Waals surface area contributed by atoms with Crippen molar-refractivity contribution < 1.29 is 4.57 Å². The molecule has 0 fully saturated rings. The van der Waals surface area contributed by atoms with E-state index in [0.29, 0.717) is 0 Å². The number of hydrogen-bond donors (Lipinski definition) is 2. The van der Waals surface area contributed by atoms with Crippen LogP contribution in [-0.2, 0) is 4.57 Å². The molecule has 0 atom stereocenters. The normalized spacial score (nSPS) is 12.3. The molecule has 0 aromatic rings. The van der Waals surface area contributed by atoms with Gasteiger partial charge < -0.3 is 0 Å². The Bertz CT molecular complexity index is 206. The van der Waals surface area contributed by atoms with Crippen molar-refractivity contribution in [2.75, 3.05) is 26.2 Å². The molecule has 5 heteroatoms. The van der Waals surface area contributed by atoms with Gasteiger partial charge >= 0.3 is 0 Å². The fraction of sp³-hybridized carbons (Fsp3) is 1.00. The second-order valence-electron chi connectivity index (χ2n) is 4.24. The standard InChI is InChI=1S/C12H30N3OP/c1-5-9-11-13-17(16,14-12-10-6-2)15(7-3)8-4/h5-12H2,1-4H3,(H2,13,14,16). The number of nitrogens with zero attached hydrogens (tertiary/aromatic N) is 1. The Morgan fingerprint density at radius 1 is 0.882 bits per heavy atom. The molecular weight excluding hydrogens is 233 g/mol. The minimum Gasteiger partial charge on any atom is -0.271 e. The summed E-state index contributed by atoms with van der Waals surface area (Å²) in [4.78, 5) is 0. The fourth-order valence-corrected chi connectivity index (χ4v) is 3.92. The fourth-order valence-electron chi connectivity index (χ4n) is 1.69. The molecule has 0 amide bonds. The number of rotatable bonds is 11. The van der Waals surface area contributed by atoms with E-state index in [1.54, 1.807) is 0 Å². The van der Waals surface area contributed by atoms with E-state index >= 15 is 0 Å². The topological polar surface area (TPSA) is 44.4 Å². The van der Waals surface area contributed by atoms with Crippen molar-refractivity contribution in [2.24, 2.45) is 0 Å². The molecule has 0 saturated carbocycles. The SMILES string of the molecule is CCCCNP(=O)(NCCCC)N(CC)CC. The van der Waals surface area contributed by atoms with Gasteiger partial charge in [0, 0.05) is 26.2 Å². The van der Waals surface area contributed by atoms with Gasteiger partial charge in [0.25, 0.3) is 7.59 Å². The Balaban J connectivity index is 4.38. The average Bonchev–Trinajstić information content (AvgIpc) is 2.31. The van der Waals surface area contributed by atoms with E-state index in [2.05, 4.69) is 37.9 Å². The summed E-state index contributed by atoms with van der Waals surface area (Å²) >= 11 is 0. The summed E-state index contributed by atoms with van der Waals surface area (Å²) in [5.74, 6) is 0. The van der Waals surface area contributed by atoms with Gasteiger partial charge in [0.15, 0.2) is 0 Å². The van der Waals surface area contributed by atoms with Crippen LogP contribution in [0.15, 0.2) is 0 Å². The average molecular weight is 263 g/mol. The lowest BCUT2D eigenvalue weighted by molar-refractivity contribution is 0.419. The molecule has 104 valence electrons. The molecule has 0 unspecified atom stereocenters. The van der Waals surface area contributed by atoms with Crippen LogP contribution in [0.5, 0.6) is 0 Å². The summed E-state index contributed by atoms with van der Waals surface area (Å²) in [6.45, 7) is 11.7. The highest BCUT2D eigenvalue weighted by molar-refractivity contribution is 7.57. The van der Waals surface area contributed by atoms with Gasteiger partial charge in [-0.05, 0) is 12.8 Å². The number of nitrogens with one attached hydrogen (secondary N) is 2. The first-order chi connectivity index (χ1) is 8.14. The highest BCUT2D eigenvalue weighted by Gasteiger charge is 2.26. The van der Waals surface area contributed by atoms with E-state index in [1.165, 1.54) is 0 Å².